The first-order valence-corrected chi connectivity index (χ1v) is 8.78. The van der Waals surface area contributed by atoms with Gasteiger partial charge in [-0.1, -0.05) is 18.2 Å². The Morgan fingerprint density at radius 2 is 2.11 bits per heavy atom. The maximum atomic E-state index is 12.1. The number of amides is 1. The molecule has 0 aromatic heterocycles. The van der Waals surface area contributed by atoms with Crippen LogP contribution in [0, 0.1) is 10.1 Å². The lowest BCUT2D eigenvalue weighted by atomic mass is 10.1. The van der Waals surface area contributed by atoms with Crippen molar-refractivity contribution in [3.63, 3.8) is 0 Å². The number of rotatable bonds is 7. The number of nitro groups is 1. The Balaban J connectivity index is 1.61. The summed E-state index contributed by atoms with van der Waals surface area (Å²) in [4.78, 5) is 24.8. The molecular weight excluding hydrogens is 362 g/mol. The van der Waals surface area contributed by atoms with E-state index in [1.807, 2.05) is 42.3 Å². The van der Waals surface area contributed by atoms with Gasteiger partial charge < -0.3 is 19.7 Å². The van der Waals surface area contributed by atoms with E-state index in [1.165, 1.54) is 24.3 Å². The number of para-hydroxylation sites is 1. The van der Waals surface area contributed by atoms with Crippen molar-refractivity contribution in [3.05, 3.63) is 69.8 Å². The fourth-order valence-corrected chi connectivity index (χ4v) is 2.84. The molecule has 0 saturated carbocycles. The lowest BCUT2D eigenvalue weighted by molar-refractivity contribution is -0.385. The van der Waals surface area contributed by atoms with Gasteiger partial charge in [-0.25, -0.2) is 0 Å². The van der Waals surface area contributed by atoms with Crippen LogP contribution in [-0.4, -0.2) is 37.8 Å². The molecule has 8 heteroatoms. The number of benzene rings is 2. The summed E-state index contributed by atoms with van der Waals surface area (Å²) in [6.07, 6.45) is 2.87. The predicted molar refractivity (Wildman–Crippen MR) is 105 cm³/mol. The van der Waals surface area contributed by atoms with Crippen molar-refractivity contribution < 1.29 is 19.2 Å². The summed E-state index contributed by atoms with van der Waals surface area (Å²) in [7, 11) is 1.95. The van der Waals surface area contributed by atoms with Gasteiger partial charge in [0.1, 0.15) is 5.75 Å². The fraction of sp³-hybridized carbons (Fsp3) is 0.250. The second kappa shape index (κ2) is 9.01. The van der Waals surface area contributed by atoms with Crippen molar-refractivity contribution in [2.24, 2.45) is 0 Å². The first-order valence-electron chi connectivity index (χ1n) is 8.78. The summed E-state index contributed by atoms with van der Waals surface area (Å²) in [5, 5.41) is 13.9. The summed E-state index contributed by atoms with van der Waals surface area (Å²) < 4.78 is 10.6. The van der Waals surface area contributed by atoms with Gasteiger partial charge in [-0.05, 0) is 18.2 Å². The number of non-ortho nitro benzene ring substituents is 1. The summed E-state index contributed by atoms with van der Waals surface area (Å²) >= 11 is 0. The quantitative estimate of drug-likeness (QED) is 0.449. The maximum Gasteiger partial charge on any atom is 0.270 e. The van der Waals surface area contributed by atoms with Crippen molar-refractivity contribution in [1.82, 2.24) is 5.32 Å². The monoisotopic (exact) mass is 383 g/mol. The molecule has 0 unspecified atom stereocenters. The van der Waals surface area contributed by atoms with Crippen LogP contribution < -0.4 is 15.0 Å². The van der Waals surface area contributed by atoms with Gasteiger partial charge in [0.2, 0.25) is 5.91 Å². The van der Waals surface area contributed by atoms with E-state index in [1.54, 1.807) is 0 Å². The zero-order chi connectivity index (χ0) is 19.9. The summed E-state index contributed by atoms with van der Waals surface area (Å²) in [5.74, 6) is 0.221. The van der Waals surface area contributed by atoms with Crippen LogP contribution in [0.4, 0.5) is 11.4 Å². The van der Waals surface area contributed by atoms with E-state index in [-0.39, 0.29) is 25.0 Å². The van der Waals surface area contributed by atoms with Crippen molar-refractivity contribution in [3.8, 4) is 5.75 Å². The first kappa shape index (κ1) is 19.4. The van der Waals surface area contributed by atoms with Crippen LogP contribution in [0.5, 0.6) is 5.75 Å². The number of hydrogen-bond donors (Lipinski definition) is 1. The van der Waals surface area contributed by atoms with E-state index in [0.717, 1.165) is 5.69 Å². The molecule has 0 aliphatic carbocycles. The molecule has 1 N–H and O–H groups in total. The Morgan fingerprint density at radius 3 is 2.86 bits per heavy atom. The number of nitrogens with zero attached hydrogens (tertiary/aromatic N) is 2. The summed E-state index contributed by atoms with van der Waals surface area (Å²) in [6.45, 7) is 1.42. The Morgan fingerprint density at radius 1 is 1.32 bits per heavy atom. The number of anilines is 1. The minimum absolute atomic E-state index is 0.0719. The molecule has 2 aromatic rings. The van der Waals surface area contributed by atoms with Crippen LogP contribution in [0.25, 0.3) is 6.08 Å². The number of hydrogen-bond acceptors (Lipinski definition) is 6. The molecule has 0 radical (unpaired) electrons. The van der Waals surface area contributed by atoms with Gasteiger partial charge in [0.15, 0.2) is 6.79 Å². The SMILES string of the molecule is CN(CCNC(=O)/C=C/c1cc([N+](=O)[O-])cc2c1OCOC2)c1ccccc1. The average Bonchev–Trinajstić information content (AvgIpc) is 2.72. The molecule has 0 spiro atoms. The number of carbonyl (C=O) groups excluding carboxylic acids is 1. The van der Waals surface area contributed by atoms with Gasteiger partial charge in [-0.15, -0.1) is 0 Å². The van der Waals surface area contributed by atoms with Crippen LogP contribution >= 0.6 is 0 Å². The van der Waals surface area contributed by atoms with Crippen LogP contribution in [0.3, 0.4) is 0 Å². The van der Waals surface area contributed by atoms with Crippen molar-refractivity contribution in [2.75, 3.05) is 31.8 Å². The molecule has 2 aromatic carbocycles. The molecule has 1 heterocycles. The molecule has 3 rings (SSSR count). The van der Waals surface area contributed by atoms with Crippen LogP contribution in [-0.2, 0) is 16.1 Å². The highest BCUT2D eigenvalue weighted by Crippen LogP contribution is 2.33. The van der Waals surface area contributed by atoms with Gasteiger partial charge in [0, 0.05) is 55.2 Å². The molecule has 0 atom stereocenters. The number of nitro benzene ring substituents is 1. The Kier molecular flexibility index (Phi) is 6.23. The van der Waals surface area contributed by atoms with Gasteiger partial charge >= 0.3 is 0 Å². The van der Waals surface area contributed by atoms with Crippen molar-refractivity contribution in [2.45, 2.75) is 6.61 Å². The van der Waals surface area contributed by atoms with Crippen LogP contribution in [0.15, 0.2) is 48.5 Å². The molecule has 1 aliphatic heterocycles. The third-order valence-corrected chi connectivity index (χ3v) is 4.29. The molecule has 146 valence electrons. The lowest BCUT2D eigenvalue weighted by Gasteiger charge is -2.19. The number of likely N-dealkylation sites (N-methyl/N-ethyl adjacent to an activating group) is 1. The summed E-state index contributed by atoms with van der Waals surface area (Å²) in [5.41, 5.74) is 2.06. The van der Waals surface area contributed by atoms with E-state index in [2.05, 4.69) is 5.32 Å². The minimum Gasteiger partial charge on any atom is -0.467 e. The third-order valence-electron chi connectivity index (χ3n) is 4.29. The highest BCUT2D eigenvalue weighted by molar-refractivity contribution is 5.92. The largest absolute Gasteiger partial charge is 0.467 e. The molecular formula is C20H21N3O5. The highest BCUT2D eigenvalue weighted by atomic mass is 16.7. The zero-order valence-electron chi connectivity index (χ0n) is 15.5. The minimum atomic E-state index is -0.480. The Bertz CT molecular complexity index is 883. The Hall–Kier alpha value is -3.39. The third kappa shape index (κ3) is 4.86. The van der Waals surface area contributed by atoms with E-state index < -0.39 is 4.92 Å². The normalized spacial score (nSPS) is 12.9. The molecule has 28 heavy (non-hydrogen) atoms. The van der Waals surface area contributed by atoms with E-state index in [9.17, 15) is 14.9 Å². The molecule has 0 bridgehead atoms. The van der Waals surface area contributed by atoms with Crippen molar-refractivity contribution >= 4 is 23.4 Å². The van der Waals surface area contributed by atoms with Crippen molar-refractivity contribution in [1.29, 1.82) is 0 Å². The molecule has 8 nitrogen and oxygen atoms in total. The summed E-state index contributed by atoms with van der Waals surface area (Å²) in [6, 6.07) is 12.7. The van der Waals surface area contributed by atoms with E-state index in [4.69, 9.17) is 9.47 Å². The van der Waals surface area contributed by atoms with Crippen LogP contribution in [0.1, 0.15) is 11.1 Å². The second-order valence-electron chi connectivity index (χ2n) is 6.27. The van der Waals surface area contributed by atoms with Gasteiger partial charge in [0.25, 0.3) is 5.69 Å². The van der Waals surface area contributed by atoms with Gasteiger partial charge in [0.05, 0.1) is 11.5 Å². The van der Waals surface area contributed by atoms with Crippen LogP contribution in [0.2, 0.25) is 0 Å². The smallest absolute Gasteiger partial charge is 0.270 e. The van der Waals surface area contributed by atoms with Gasteiger partial charge in [-0.2, -0.15) is 0 Å². The fourth-order valence-electron chi connectivity index (χ4n) is 2.84. The molecule has 0 saturated heterocycles. The first-order chi connectivity index (χ1) is 13.5. The predicted octanol–water partition coefficient (Wildman–Crippen LogP) is 2.73. The molecule has 1 aliphatic rings. The zero-order valence-corrected chi connectivity index (χ0v) is 15.5. The average molecular weight is 383 g/mol. The van der Waals surface area contributed by atoms with E-state index in [0.29, 0.717) is 30.0 Å². The topological polar surface area (TPSA) is 93.9 Å². The number of ether oxygens (including phenoxy) is 2. The number of fused-ring (bicyclic) bond motifs is 1. The molecule has 0 fully saturated rings. The maximum absolute atomic E-state index is 12.1. The van der Waals surface area contributed by atoms with Gasteiger partial charge in [-0.3, -0.25) is 14.9 Å². The number of carbonyl (C=O) groups is 1. The molecule has 1 amide bonds. The Labute approximate surface area is 162 Å². The number of nitrogens with one attached hydrogen (secondary N) is 1. The second-order valence-corrected chi connectivity index (χ2v) is 6.27. The lowest BCUT2D eigenvalue weighted by Crippen LogP contribution is -2.31. The van der Waals surface area contributed by atoms with E-state index >= 15 is 0 Å². The highest BCUT2D eigenvalue weighted by Gasteiger charge is 2.19. The standard InChI is InChI=1S/C20H21N3O5/c1-22(17-5-3-2-4-6-17)10-9-21-19(24)8-7-15-11-18(23(25)26)12-16-13-27-14-28-20(15)16/h2-8,11-12H,9-10,13-14H2,1H3,(H,21,24)/b8-7+.